The molecule has 1 saturated carbocycles. The summed E-state index contributed by atoms with van der Waals surface area (Å²) in [6.07, 6.45) is 4.93. The van der Waals surface area contributed by atoms with E-state index in [0.717, 1.165) is 11.6 Å². The number of benzene rings is 1. The van der Waals surface area contributed by atoms with Gasteiger partial charge in [-0.2, -0.15) is 0 Å². The van der Waals surface area contributed by atoms with E-state index < -0.39 is 0 Å². The smallest absolute Gasteiger partial charge is 0.227 e. The maximum atomic E-state index is 12.1. The van der Waals surface area contributed by atoms with Crippen molar-refractivity contribution in [2.24, 2.45) is 0 Å². The highest BCUT2D eigenvalue weighted by Gasteiger charge is 2.27. The number of carbonyl (C=O) groups is 1. The average Bonchev–Trinajstić information content (AvgIpc) is 3.33. The molecule has 24 heavy (non-hydrogen) atoms. The van der Waals surface area contributed by atoms with Gasteiger partial charge in [0.2, 0.25) is 11.0 Å². The maximum absolute atomic E-state index is 12.1. The topological polar surface area (TPSA) is 58.1 Å². The van der Waals surface area contributed by atoms with Crippen molar-refractivity contribution in [3.8, 4) is 0 Å². The molecule has 128 valence electrons. The summed E-state index contributed by atoms with van der Waals surface area (Å²) in [7, 11) is 2.04. The summed E-state index contributed by atoms with van der Waals surface area (Å²) in [6, 6.07) is 8.51. The molecular weight excluding hydrogens is 340 g/mol. The zero-order valence-electron chi connectivity index (χ0n) is 14.0. The van der Waals surface area contributed by atoms with Crippen molar-refractivity contribution >= 4 is 34.1 Å². The first-order chi connectivity index (χ1) is 11.6. The van der Waals surface area contributed by atoms with Gasteiger partial charge < -0.3 is 10.2 Å². The highest BCUT2D eigenvalue weighted by atomic mass is 32.2. The molecule has 1 aromatic heterocycles. The Hall–Kier alpha value is -1.44. The molecule has 1 amide bonds. The second-order valence-electron chi connectivity index (χ2n) is 6.11. The SMILES string of the molecule is CSc1cccc(CN(C)CCC(=O)Nc2nnc(C3CC3)s2)c1. The molecule has 1 fully saturated rings. The fraction of sp³-hybridized carbons (Fsp3) is 0.471. The average molecular weight is 363 g/mol. The molecule has 0 bridgehead atoms. The Kier molecular flexibility index (Phi) is 5.86. The summed E-state index contributed by atoms with van der Waals surface area (Å²) < 4.78 is 0. The lowest BCUT2D eigenvalue weighted by Gasteiger charge is -2.16. The van der Waals surface area contributed by atoms with Gasteiger partial charge in [0.15, 0.2) is 0 Å². The van der Waals surface area contributed by atoms with Crippen LogP contribution in [0.25, 0.3) is 0 Å². The van der Waals surface area contributed by atoms with Crippen molar-refractivity contribution in [3.63, 3.8) is 0 Å². The second-order valence-corrected chi connectivity index (χ2v) is 8.00. The van der Waals surface area contributed by atoms with Crippen molar-refractivity contribution in [2.45, 2.75) is 36.6 Å². The molecule has 1 aliphatic carbocycles. The first-order valence-electron chi connectivity index (χ1n) is 8.09. The molecule has 1 aromatic carbocycles. The van der Waals surface area contributed by atoms with Gasteiger partial charge in [-0.3, -0.25) is 4.79 Å². The summed E-state index contributed by atoms with van der Waals surface area (Å²) in [4.78, 5) is 15.5. The van der Waals surface area contributed by atoms with Crippen molar-refractivity contribution in [2.75, 3.05) is 25.2 Å². The van der Waals surface area contributed by atoms with Crippen LogP contribution < -0.4 is 5.32 Å². The summed E-state index contributed by atoms with van der Waals surface area (Å²) in [5.41, 5.74) is 1.27. The number of nitrogens with zero attached hydrogens (tertiary/aromatic N) is 3. The maximum Gasteiger partial charge on any atom is 0.227 e. The van der Waals surface area contributed by atoms with Gasteiger partial charge in [-0.15, -0.1) is 22.0 Å². The van der Waals surface area contributed by atoms with Crippen LogP contribution >= 0.6 is 23.1 Å². The van der Waals surface area contributed by atoms with Crippen LogP contribution in [-0.2, 0) is 11.3 Å². The highest BCUT2D eigenvalue weighted by molar-refractivity contribution is 7.98. The molecule has 2 aromatic rings. The Morgan fingerprint density at radius 3 is 3.00 bits per heavy atom. The normalized spacial score (nSPS) is 14.1. The predicted octanol–water partition coefficient (Wildman–Crippen LogP) is 3.60. The lowest BCUT2D eigenvalue weighted by molar-refractivity contribution is -0.116. The number of anilines is 1. The Balaban J connectivity index is 1.42. The quantitative estimate of drug-likeness (QED) is 0.727. The third-order valence-electron chi connectivity index (χ3n) is 3.92. The van der Waals surface area contributed by atoms with Gasteiger partial charge in [-0.25, -0.2) is 0 Å². The fourth-order valence-corrected chi connectivity index (χ4v) is 3.83. The number of hydrogen-bond acceptors (Lipinski definition) is 6. The number of amides is 1. The lowest BCUT2D eigenvalue weighted by Crippen LogP contribution is -2.24. The third-order valence-corrected chi connectivity index (χ3v) is 5.65. The highest BCUT2D eigenvalue weighted by Crippen LogP contribution is 2.42. The molecule has 0 spiro atoms. The van der Waals surface area contributed by atoms with E-state index in [2.05, 4.69) is 50.9 Å². The van der Waals surface area contributed by atoms with E-state index >= 15 is 0 Å². The number of hydrogen-bond donors (Lipinski definition) is 1. The van der Waals surface area contributed by atoms with Crippen molar-refractivity contribution in [1.29, 1.82) is 0 Å². The zero-order valence-corrected chi connectivity index (χ0v) is 15.6. The van der Waals surface area contributed by atoms with Gasteiger partial charge in [-0.1, -0.05) is 23.5 Å². The summed E-state index contributed by atoms with van der Waals surface area (Å²) in [5.74, 6) is 0.578. The molecule has 7 heteroatoms. The van der Waals surface area contributed by atoms with E-state index in [-0.39, 0.29) is 5.91 Å². The van der Waals surface area contributed by atoms with E-state index in [4.69, 9.17) is 0 Å². The number of rotatable bonds is 8. The van der Waals surface area contributed by atoms with Gasteiger partial charge in [-0.05, 0) is 43.8 Å². The number of nitrogens with one attached hydrogen (secondary N) is 1. The monoisotopic (exact) mass is 362 g/mol. The molecule has 0 aliphatic heterocycles. The molecule has 5 nitrogen and oxygen atoms in total. The summed E-state index contributed by atoms with van der Waals surface area (Å²) in [6.45, 7) is 1.55. The Labute approximate surface area is 150 Å². The van der Waals surface area contributed by atoms with E-state index in [0.29, 0.717) is 24.0 Å². The molecule has 0 radical (unpaired) electrons. The summed E-state index contributed by atoms with van der Waals surface area (Å²) >= 11 is 3.25. The van der Waals surface area contributed by atoms with Gasteiger partial charge in [0.25, 0.3) is 0 Å². The van der Waals surface area contributed by atoms with E-state index in [9.17, 15) is 4.79 Å². The molecule has 1 aliphatic rings. The van der Waals surface area contributed by atoms with Crippen LogP contribution in [0, 0.1) is 0 Å². The molecule has 0 atom stereocenters. The molecular formula is C17H22N4OS2. The third kappa shape index (κ3) is 5.03. The first-order valence-corrected chi connectivity index (χ1v) is 10.1. The van der Waals surface area contributed by atoms with Crippen LogP contribution in [0.4, 0.5) is 5.13 Å². The van der Waals surface area contributed by atoms with Crippen LogP contribution in [-0.4, -0.2) is 40.9 Å². The van der Waals surface area contributed by atoms with Crippen molar-refractivity contribution in [1.82, 2.24) is 15.1 Å². The van der Waals surface area contributed by atoms with Crippen molar-refractivity contribution < 1.29 is 4.79 Å². The Morgan fingerprint density at radius 2 is 2.25 bits per heavy atom. The zero-order chi connectivity index (χ0) is 16.9. The minimum Gasteiger partial charge on any atom is -0.302 e. The Bertz CT molecular complexity index is 699. The minimum atomic E-state index is -0.00166. The largest absolute Gasteiger partial charge is 0.302 e. The Morgan fingerprint density at radius 1 is 1.42 bits per heavy atom. The first kappa shape index (κ1) is 17.4. The van der Waals surface area contributed by atoms with Crippen LogP contribution in [0.2, 0.25) is 0 Å². The number of carbonyl (C=O) groups excluding carboxylic acids is 1. The molecule has 0 saturated heterocycles. The second kappa shape index (κ2) is 8.09. The fourth-order valence-electron chi connectivity index (χ4n) is 2.42. The van der Waals surface area contributed by atoms with Gasteiger partial charge >= 0.3 is 0 Å². The van der Waals surface area contributed by atoms with Crippen LogP contribution in [0.1, 0.15) is 35.8 Å². The van der Waals surface area contributed by atoms with Gasteiger partial charge in [0, 0.05) is 30.3 Å². The van der Waals surface area contributed by atoms with Crippen molar-refractivity contribution in [3.05, 3.63) is 34.8 Å². The minimum absolute atomic E-state index is 0.00166. The number of aromatic nitrogens is 2. The van der Waals surface area contributed by atoms with Gasteiger partial charge in [0.1, 0.15) is 5.01 Å². The predicted molar refractivity (Wildman–Crippen MR) is 99.7 cm³/mol. The molecule has 1 N–H and O–H groups in total. The molecule has 3 rings (SSSR count). The van der Waals surface area contributed by atoms with Crippen LogP contribution in [0.3, 0.4) is 0 Å². The molecule has 0 unspecified atom stereocenters. The van der Waals surface area contributed by atoms with Crippen LogP contribution in [0.15, 0.2) is 29.2 Å². The molecule has 1 heterocycles. The summed E-state index contributed by atoms with van der Waals surface area (Å²) in [5, 5.41) is 12.7. The van der Waals surface area contributed by atoms with E-state index in [1.165, 1.54) is 34.6 Å². The lowest BCUT2D eigenvalue weighted by atomic mass is 10.2. The van der Waals surface area contributed by atoms with E-state index in [1.807, 2.05) is 7.05 Å². The van der Waals surface area contributed by atoms with E-state index in [1.54, 1.807) is 11.8 Å². The van der Waals surface area contributed by atoms with Gasteiger partial charge in [0.05, 0.1) is 0 Å². The number of thioether (sulfide) groups is 1. The standard InChI is InChI=1S/C17H22N4OS2/c1-21(11-12-4-3-5-14(10-12)23-2)9-8-15(22)18-17-20-19-16(24-17)13-6-7-13/h3-5,10,13H,6-9,11H2,1-2H3,(H,18,20,22). The van der Waals surface area contributed by atoms with Crippen LogP contribution in [0.5, 0.6) is 0 Å².